The normalized spacial score (nSPS) is 14.8. The van der Waals surface area contributed by atoms with Crippen molar-refractivity contribution in [2.45, 2.75) is 13.3 Å². The second-order valence-electron chi connectivity index (χ2n) is 6.30. The SMILES string of the molecule is Cc1ccc(C(=O)N2CCCN(C(=O)Nc3ccccc3)CC2)cc1. The summed E-state index contributed by atoms with van der Waals surface area (Å²) in [6.07, 6.45) is 0.778. The van der Waals surface area contributed by atoms with Gasteiger partial charge in [-0.15, -0.1) is 0 Å². The van der Waals surface area contributed by atoms with Crippen molar-refractivity contribution in [1.29, 1.82) is 0 Å². The molecule has 1 N–H and O–H groups in total. The third-order valence-electron chi connectivity index (χ3n) is 4.39. The molecule has 3 rings (SSSR count). The molecule has 130 valence electrons. The molecule has 1 saturated heterocycles. The van der Waals surface area contributed by atoms with Gasteiger partial charge in [-0.2, -0.15) is 0 Å². The molecule has 0 aliphatic carbocycles. The summed E-state index contributed by atoms with van der Waals surface area (Å²) in [5.41, 5.74) is 2.62. The van der Waals surface area contributed by atoms with Crippen LogP contribution in [-0.4, -0.2) is 47.9 Å². The fourth-order valence-corrected chi connectivity index (χ4v) is 2.93. The summed E-state index contributed by atoms with van der Waals surface area (Å²) in [4.78, 5) is 28.7. The lowest BCUT2D eigenvalue weighted by Gasteiger charge is -2.22. The van der Waals surface area contributed by atoms with Crippen molar-refractivity contribution in [3.8, 4) is 0 Å². The second kappa shape index (κ2) is 7.83. The van der Waals surface area contributed by atoms with Gasteiger partial charge in [0, 0.05) is 37.4 Å². The van der Waals surface area contributed by atoms with Gasteiger partial charge in [-0.3, -0.25) is 4.79 Å². The van der Waals surface area contributed by atoms with Crippen molar-refractivity contribution < 1.29 is 9.59 Å². The topological polar surface area (TPSA) is 52.7 Å². The lowest BCUT2D eigenvalue weighted by Crippen LogP contribution is -2.39. The third kappa shape index (κ3) is 4.38. The lowest BCUT2D eigenvalue weighted by molar-refractivity contribution is 0.0762. The molecular formula is C20H23N3O2. The van der Waals surface area contributed by atoms with E-state index in [2.05, 4.69) is 5.32 Å². The van der Waals surface area contributed by atoms with E-state index in [0.717, 1.165) is 17.7 Å². The molecule has 2 aromatic rings. The molecule has 0 saturated carbocycles. The predicted molar refractivity (Wildman–Crippen MR) is 98.7 cm³/mol. The van der Waals surface area contributed by atoms with Gasteiger partial charge in [0.25, 0.3) is 5.91 Å². The number of nitrogens with one attached hydrogen (secondary N) is 1. The Balaban J connectivity index is 1.59. The molecule has 3 amide bonds. The van der Waals surface area contributed by atoms with Crippen LogP contribution in [0.2, 0.25) is 0 Å². The Morgan fingerprint density at radius 1 is 0.840 bits per heavy atom. The van der Waals surface area contributed by atoms with Crippen molar-refractivity contribution in [3.05, 3.63) is 65.7 Å². The number of benzene rings is 2. The molecule has 0 spiro atoms. The van der Waals surface area contributed by atoms with Crippen LogP contribution in [0.3, 0.4) is 0 Å². The maximum atomic E-state index is 12.6. The second-order valence-corrected chi connectivity index (χ2v) is 6.30. The van der Waals surface area contributed by atoms with Gasteiger partial charge in [0.1, 0.15) is 0 Å². The molecule has 1 aliphatic rings. The van der Waals surface area contributed by atoms with Gasteiger partial charge in [-0.1, -0.05) is 35.9 Å². The van der Waals surface area contributed by atoms with Crippen LogP contribution in [0.5, 0.6) is 0 Å². The molecular weight excluding hydrogens is 314 g/mol. The molecule has 2 aromatic carbocycles. The van der Waals surface area contributed by atoms with Gasteiger partial charge < -0.3 is 15.1 Å². The zero-order valence-corrected chi connectivity index (χ0v) is 14.4. The average molecular weight is 337 g/mol. The Kier molecular flexibility index (Phi) is 5.33. The van der Waals surface area contributed by atoms with Crippen LogP contribution in [0.15, 0.2) is 54.6 Å². The summed E-state index contributed by atoms with van der Waals surface area (Å²) in [5.74, 6) is 0.0327. The van der Waals surface area contributed by atoms with E-state index in [1.165, 1.54) is 0 Å². The Morgan fingerprint density at radius 3 is 2.20 bits per heavy atom. The van der Waals surface area contributed by atoms with E-state index in [0.29, 0.717) is 31.7 Å². The van der Waals surface area contributed by atoms with Crippen molar-refractivity contribution in [3.63, 3.8) is 0 Å². The number of hydrogen-bond acceptors (Lipinski definition) is 2. The van der Waals surface area contributed by atoms with Crippen LogP contribution in [0.25, 0.3) is 0 Å². The number of hydrogen-bond donors (Lipinski definition) is 1. The fourth-order valence-electron chi connectivity index (χ4n) is 2.93. The lowest BCUT2D eigenvalue weighted by atomic mass is 10.1. The Hall–Kier alpha value is -2.82. The minimum Gasteiger partial charge on any atom is -0.337 e. The van der Waals surface area contributed by atoms with Crippen molar-refractivity contribution in [2.75, 3.05) is 31.5 Å². The van der Waals surface area contributed by atoms with E-state index in [1.807, 2.05) is 66.4 Å². The van der Waals surface area contributed by atoms with Crippen LogP contribution < -0.4 is 5.32 Å². The zero-order chi connectivity index (χ0) is 17.6. The Bertz CT molecular complexity index is 728. The summed E-state index contributed by atoms with van der Waals surface area (Å²) >= 11 is 0. The first-order valence-corrected chi connectivity index (χ1v) is 8.60. The summed E-state index contributed by atoms with van der Waals surface area (Å²) in [6, 6.07) is 16.9. The van der Waals surface area contributed by atoms with E-state index >= 15 is 0 Å². The molecule has 25 heavy (non-hydrogen) atoms. The molecule has 0 aromatic heterocycles. The molecule has 0 bridgehead atoms. The van der Waals surface area contributed by atoms with E-state index in [4.69, 9.17) is 0 Å². The number of para-hydroxylation sites is 1. The highest BCUT2D eigenvalue weighted by molar-refractivity contribution is 5.94. The smallest absolute Gasteiger partial charge is 0.321 e. The Labute approximate surface area is 148 Å². The Morgan fingerprint density at radius 2 is 1.48 bits per heavy atom. The first-order chi connectivity index (χ1) is 12.1. The van der Waals surface area contributed by atoms with Crippen LogP contribution >= 0.6 is 0 Å². The highest BCUT2D eigenvalue weighted by atomic mass is 16.2. The summed E-state index contributed by atoms with van der Waals surface area (Å²) in [6.45, 7) is 4.41. The maximum absolute atomic E-state index is 12.6. The molecule has 1 aliphatic heterocycles. The van der Waals surface area contributed by atoms with E-state index < -0.39 is 0 Å². The number of urea groups is 1. The third-order valence-corrected chi connectivity index (χ3v) is 4.39. The van der Waals surface area contributed by atoms with Crippen LogP contribution in [0, 0.1) is 6.92 Å². The fraction of sp³-hybridized carbons (Fsp3) is 0.300. The average Bonchev–Trinajstić information content (AvgIpc) is 2.89. The minimum absolute atomic E-state index is 0.0327. The predicted octanol–water partition coefficient (Wildman–Crippen LogP) is 3.38. The molecule has 1 fully saturated rings. The standard InChI is InChI=1S/C20H23N3O2/c1-16-8-10-17(11-9-16)19(24)22-12-5-13-23(15-14-22)20(25)21-18-6-3-2-4-7-18/h2-4,6-11H,5,12-15H2,1H3,(H,21,25). The van der Waals surface area contributed by atoms with Crippen molar-refractivity contribution in [1.82, 2.24) is 9.80 Å². The number of carbonyl (C=O) groups is 2. The summed E-state index contributed by atoms with van der Waals surface area (Å²) in [7, 11) is 0. The molecule has 0 atom stereocenters. The van der Waals surface area contributed by atoms with Gasteiger partial charge in [-0.25, -0.2) is 4.79 Å². The first kappa shape index (κ1) is 17.0. The highest BCUT2D eigenvalue weighted by Crippen LogP contribution is 2.12. The monoisotopic (exact) mass is 337 g/mol. The summed E-state index contributed by atoms with van der Waals surface area (Å²) < 4.78 is 0. The number of rotatable bonds is 2. The first-order valence-electron chi connectivity index (χ1n) is 8.60. The van der Waals surface area contributed by atoms with E-state index in [1.54, 1.807) is 4.90 Å². The van der Waals surface area contributed by atoms with Crippen LogP contribution in [0.4, 0.5) is 10.5 Å². The number of anilines is 1. The van der Waals surface area contributed by atoms with Crippen molar-refractivity contribution >= 4 is 17.6 Å². The number of aryl methyl sites for hydroxylation is 1. The molecule has 5 heteroatoms. The van der Waals surface area contributed by atoms with Gasteiger partial charge >= 0.3 is 6.03 Å². The van der Waals surface area contributed by atoms with Crippen LogP contribution in [0.1, 0.15) is 22.3 Å². The van der Waals surface area contributed by atoms with E-state index in [9.17, 15) is 9.59 Å². The minimum atomic E-state index is -0.115. The van der Waals surface area contributed by atoms with E-state index in [-0.39, 0.29) is 11.9 Å². The summed E-state index contributed by atoms with van der Waals surface area (Å²) in [5, 5.41) is 2.90. The quantitative estimate of drug-likeness (QED) is 0.913. The number of carbonyl (C=O) groups excluding carboxylic acids is 2. The number of nitrogens with zero attached hydrogens (tertiary/aromatic N) is 2. The van der Waals surface area contributed by atoms with Gasteiger partial charge in [0.05, 0.1) is 0 Å². The number of amides is 3. The van der Waals surface area contributed by atoms with Gasteiger partial charge in [-0.05, 0) is 37.6 Å². The highest BCUT2D eigenvalue weighted by Gasteiger charge is 2.22. The molecule has 0 unspecified atom stereocenters. The van der Waals surface area contributed by atoms with Crippen LogP contribution in [-0.2, 0) is 0 Å². The molecule has 5 nitrogen and oxygen atoms in total. The molecule has 0 radical (unpaired) electrons. The van der Waals surface area contributed by atoms with Gasteiger partial charge in [0.15, 0.2) is 0 Å². The largest absolute Gasteiger partial charge is 0.337 e. The van der Waals surface area contributed by atoms with Gasteiger partial charge in [0.2, 0.25) is 0 Å². The maximum Gasteiger partial charge on any atom is 0.321 e. The zero-order valence-electron chi connectivity index (χ0n) is 14.4. The molecule has 1 heterocycles. The van der Waals surface area contributed by atoms with Crippen molar-refractivity contribution in [2.24, 2.45) is 0 Å².